The molecular weight excluding hydrogens is 512 g/mol. The van der Waals surface area contributed by atoms with Gasteiger partial charge in [-0.2, -0.15) is 31.3 Å². The molecule has 1 atom stereocenters. The monoisotopic (exact) mass is 537 g/mol. The van der Waals surface area contributed by atoms with Crippen molar-refractivity contribution in [2.75, 3.05) is 41.3 Å². The number of fused-ring (bicyclic) bond motifs is 1. The van der Waals surface area contributed by atoms with Gasteiger partial charge in [0, 0.05) is 56.1 Å². The third-order valence-corrected chi connectivity index (χ3v) is 6.71. The highest BCUT2D eigenvalue weighted by Crippen LogP contribution is 2.37. The Kier molecular flexibility index (Phi) is 6.80. The van der Waals surface area contributed by atoms with E-state index >= 15 is 0 Å². The van der Waals surface area contributed by atoms with Crippen LogP contribution in [0.3, 0.4) is 0 Å². The lowest BCUT2D eigenvalue weighted by Gasteiger charge is -2.24. The second kappa shape index (κ2) is 9.93. The van der Waals surface area contributed by atoms with E-state index in [2.05, 4.69) is 15.3 Å². The smallest absolute Gasteiger partial charge is 0.355 e. The van der Waals surface area contributed by atoms with E-state index in [-0.39, 0.29) is 24.9 Å². The molecule has 0 bridgehead atoms. The van der Waals surface area contributed by atoms with Crippen LogP contribution in [0.25, 0.3) is 0 Å². The molecule has 7 nitrogen and oxygen atoms in total. The minimum Gasteiger partial charge on any atom is -0.355 e. The zero-order valence-electron chi connectivity index (χ0n) is 20.1. The molecule has 0 saturated carbocycles. The van der Waals surface area contributed by atoms with E-state index in [0.717, 1.165) is 24.6 Å². The summed E-state index contributed by atoms with van der Waals surface area (Å²) in [5, 5.41) is 3.11. The van der Waals surface area contributed by atoms with Gasteiger partial charge in [0.05, 0.1) is 16.8 Å². The predicted molar refractivity (Wildman–Crippen MR) is 130 cm³/mol. The number of hydrogen-bond acceptors (Lipinski definition) is 7. The molecule has 4 heterocycles. The molecule has 1 saturated heterocycles. The zero-order valence-corrected chi connectivity index (χ0v) is 20.1. The Balaban J connectivity index is 1.48. The molecule has 1 fully saturated rings. The number of benzene rings is 1. The zero-order chi connectivity index (χ0) is 27.1. The summed E-state index contributed by atoms with van der Waals surface area (Å²) < 4.78 is 80.0. The first-order chi connectivity index (χ1) is 18.0. The lowest BCUT2D eigenvalue weighted by Crippen LogP contribution is -2.29. The summed E-state index contributed by atoms with van der Waals surface area (Å²) in [5.74, 6) is 0.682. The van der Waals surface area contributed by atoms with E-state index in [9.17, 15) is 26.3 Å². The highest BCUT2D eigenvalue weighted by atomic mass is 19.4. The predicted octanol–water partition coefficient (Wildman–Crippen LogP) is 4.80. The van der Waals surface area contributed by atoms with Crippen molar-refractivity contribution in [1.29, 1.82) is 0 Å². The first-order valence-electron chi connectivity index (χ1n) is 12.1. The van der Waals surface area contributed by atoms with E-state index in [4.69, 9.17) is 10.7 Å². The Labute approximate surface area is 214 Å². The molecule has 5 rings (SSSR count). The normalized spacial score (nSPS) is 18.3. The fourth-order valence-electron chi connectivity index (χ4n) is 4.76. The number of anilines is 4. The number of hydrogen-bond donors (Lipinski definition) is 2. The van der Waals surface area contributed by atoms with Gasteiger partial charge in [-0.15, -0.1) is 0 Å². The number of pyridine rings is 1. The standard InChI is InChI=1S/C25H25F6N7/c26-24(27,28)15-3-5-17(6-4-15)34-21-18-8-12-37(22-19(25(29,30)31)2-1-10-33-22)13-9-20(18)35-23(36-21)38-11-7-16(32)14-38/h1-6,10,16H,7-9,11-14,32H2,(H,34,35,36). The molecule has 2 aliphatic heterocycles. The molecule has 0 aliphatic carbocycles. The molecule has 13 heteroatoms. The van der Waals surface area contributed by atoms with Crippen molar-refractivity contribution in [2.45, 2.75) is 37.7 Å². The van der Waals surface area contributed by atoms with Crippen molar-refractivity contribution in [3.05, 3.63) is 65.0 Å². The lowest BCUT2D eigenvalue weighted by molar-refractivity contribution is -0.138. The maximum atomic E-state index is 13.6. The van der Waals surface area contributed by atoms with Gasteiger partial charge in [0.2, 0.25) is 5.95 Å². The van der Waals surface area contributed by atoms with Gasteiger partial charge in [0.15, 0.2) is 0 Å². The summed E-state index contributed by atoms with van der Waals surface area (Å²) >= 11 is 0. The van der Waals surface area contributed by atoms with Crippen LogP contribution in [-0.4, -0.2) is 47.2 Å². The van der Waals surface area contributed by atoms with Crippen LogP contribution in [0.2, 0.25) is 0 Å². The van der Waals surface area contributed by atoms with Gasteiger partial charge < -0.3 is 20.9 Å². The molecule has 1 unspecified atom stereocenters. The topological polar surface area (TPSA) is 83.2 Å². The van der Waals surface area contributed by atoms with Gasteiger partial charge >= 0.3 is 12.4 Å². The number of halogens is 6. The minimum absolute atomic E-state index is 0.0378. The van der Waals surface area contributed by atoms with Crippen LogP contribution in [-0.2, 0) is 25.2 Å². The number of nitrogens with one attached hydrogen (secondary N) is 1. The SMILES string of the molecule is NC1CCN(c2nc3c(c(Nc4ccc(C(F)(F)F)cc4)n2)CCN(c2ncccc2C(F)(F)F)CC3)C1. The number of nitrogens with two attached hydrogens (primary N) is 1. The summed E-state index contributed by atoms with van der Waals surface area (Å²) in [6, 6.07) is 6.80. The van der Waals surface area contributed by atoms with E-state index in [1.807, 2.05) is 4.90 Å². The summed E-state index contributed by atoms with van der Waals surface area (Å²) in [4.78, 5) is 17.0. The van der Waals surface area contributed by atoms with E-state index < -0.39 is 23.5 Å². The van der Waals surface area contributed by atoms with Crippen LogP contribution in [0.5, 0.6) is 0 Å². The van der Waals surface area contributed by atoms with Gasteiger partial charge in [-0.25, -0.2) is 9.97 Å². The van der Waals surface area contributed by atoms with Crippen LogP contribution in [0.1, 0.15) is 28.8 Å². The Morgan fingerprint density at radius 1 is 0.868 bits per heavy atom. The number of rotatable bonds is 4. The van der Waals surface area contributed by atoms with Crippen molar-refractivity contribution in [3.63, 3.8) is 0 Å². The largest absolute Gasteiger partial charge is 0.419 e. The molecule has 2 aliphatic rings. The molecule has 1 aromatic carbocycles. The maximum absolute atomic E-state index is 13.6. The molecule has 2 aromatic heterocycles. The van der Waals surface area contributed by atoms with Gasteiger partial charge in [0.1, 0.15) is 11.6 Å². The maximum Gasteiger partial charge on any atom is 0.419 e. The van der Waals surface area contributed by atoms with Crippen LogP contribution in [0.15, 0.2) is 42.6 Å². The number of aromatic nitrogens is 3. The number of nitrogens with zero attached hydrogens (tertiary/aromatic N) is 5. The number of alkyl halides is 6. The van der Waals surface area contributed by atoms with E-state index in [0.29, 0.717) is 54.6 Å². The Morgan fingerprint density at radius 3 is 2.26 bits per heavy atom. The van der Waals surface area contributed by atoms with Gasteiger partial charge in [-0.1, -0.05) is 0 Å². The van der Waals surface area contributed by atoms with Crippen molar-refractivity contribution in [2.24, 2.45) is 5.73 Å². The molecule has 38 heavy (non-hydrogen) atoms. The van der Waals surface area contributed by atoms with Gasteiger partial charge in [0.25, 0.3) is 0 Å². The fourth-order valence-corrected chi connectivity index (χ4v) is 4.76. The van der Waals surface area contributed by atoms with Gasteiger partial charge in [-0.05, 0) is 49.2 Å². The summed E-state index contributed by atoms with van der Waals surface area (Å²) in [7, 11) is 0. The minimum atomic E-state index is -4.56. The van der Waals surface area contributed by atoms with E-state index in [1.54, 1.807) is 4.90 Å². The summed E-state index contributed by atoms with van der Waals surface area (Å²) in [6.45, 7) is 1.68. The van der Waals surface area contributed by atoms with Crippen LogP contribution in [0.4, 0.5) is 49.6 Å². The molecule has 0 radical (unpaired) electrons. The van der Waals surface area contributed by atoms with E-state index in [1.165, 1.54) is 24.4 Å². The quantitative estimate of drug-likeness (QED) is 0.463. The van der Waals surface area contributed by atoms with Crippen LogP contribution >= 0.6 is 0 Å². The summed E-state index contributed by atoms with van der Waals surface area (Å²) in [5.41, 5.74) is 6.23. The second-order valence-electron chi connectivity index (χ2n) is 9.35. The Morgan fingerprint density at radius 2 is 1.61 bits per heavy atom. The molecular formula is C25H25F6N7. The Bertz CT molecular complexity index is 1290. The highest BCUT2D eigenvalue weighted by molar-refractivity contribution is 5.63. The molecule has 202 valence electrons. The lowest BCUT2D eigenvalue weighted by atomic mass is 10.1. The van der Waals surface area contributed by atoms with Crippen LogP contribution < -0.4 is 20.9 Å². The third-order valence-electron chi connectivity index (χ3n) is 6.71. The molecule has 3 N–H and O–H groups in total. The van der Waals surface area contributed by atoms with Crippen molar-refractivity contribution in [3.8, 4) is 0 Å². The Hall–Kier alpha value is -3.61. The first kappa shape index (κ1) is 26.0. The van der Waals surface area contributed by atoms with Crippen molar-refractivity contribution in [1.82, 2.24) is 15.0 Å². The average Bonchev–Trinajstić information content (AvgIpc) is 3.18. The molecule has 0 amide bonds. The molecule has 3 aromatic rings. The van der Waals surface area contributed by atoms with Crippen molar-refractivity contribution < 1.29 is 26.3 Å². The van der Waals surface area contributed by atoms with Crippen molar-refractivity contribution >= 4 is 23.3 Å². The van der Waals surface area contributed by atoms with Gasteiger partial charge in [-0.3, -0.25) is 0 Å². The van der Waals surface area contributed by atoms with Crippen LogP contribution in [0, 0.1) is 0 Å². The third kappa shape index (κ3) is 5.47. The first-order valence-corrected chi connectivity index (χ1v) is 12.1. The highest BCUT2D eigenvalue weighted by Gasteiger charge is 2.36. The summed E-state index contributed by atoms with van der Waals surface area (Å²) in [6.07, 6.45) is -6.28. The average molecular weight is 538 g/mol. The second-order valence-corrected chi connectivity index (χ2v) is 9.35. The fraction of sp³-hybridized carbons (Fsp3) is 0.400. The molecule has 0 spiro atoms.